The van der Waals surface area contributed by atoms with E-state index in [-0.39, 0.29) is 12.1 Å². The summed E-state index contributed by atoms with van der Waals surface area (Å²) < 4.78 is 5.82. The van der Waals surface area contributed by atoms with Gasteiger partial charge in [-0.3, -0.25) is 0 Å². The van der Waals surface area contributed by atoms with Crippen molar-refractivity contribution in [3.05, 3.63) is 29.3 Å². The Morgan fingerprint density at radius 2 is 2.25 bits per heavy atom. The predicted octanol–water partition coefficient (Wildman–Crippen LogP) is 2.13. The van der Waals surface area contributed by atoms with Crippen LogP contribution in [0, 0.1) is 18.3 Å². The number of ether oxygens (including phenoxy) is 1. The molecule has 0 heterocycles. The third kappa shape index (κ3) is 2.17. The summed E-state index contributed by atoms with van der Waals surface area (Å²) in [5.74, 6) is 0.662. The lowest BCUT2D eigenvalue weighted by Crippen LogP contribution is -2.33. The molecule has 0 amide bonds. The summed E-state index contributed by atoms with van der Waals surface area (Å²) in [6.07, 6.45) is 3.17. The van der Waals surface area contributed by atoms with Crippen molar-refractivity contribution in [2.24, 2.45) is 5.73 Å². The normalized spacial score (nSPS) is 24.1. The molecule has 1 aliphatic rings. The van der Waals surface area contributed by atoms with Crippen molar-refractivity contribution >= 4 is 0 Å². The number of nitrogens with zero attached hydrogens (tertiary/aromatic N) is 1. The van der Waals surface area contributed by atoms with Gasteiger partial charge in [0.15, 0.2) is 0 Å². The molecule has 1 aromatic rings. The van der Waals surface area contributed by atoms with E-state index in [1.54, 1.807) is 0 Å². The van der Waals surface area contributed by atoms with E-state index in [9.17, 15) is 0 Å². The average molecular weight is 216 g/mol. The lowest BCUT2D eigenvalue weighted by Gasteiger charge is -2.18. The van der Waals surface area contributed by atoms with Gasteiger partial charge in [-0.2, -0.15) is 5.26 Å². The summed E-state index contributed by atoms with van der Waals surface area (Å²) in [7, 11) is 0. The van der Waals surface area contributed by atoms with Gasteiger partial charge in [0, 0.05) is 6.04 Å². The highest BCUT2D eigenvalue weighted by Crippen LogP contribution is 2.26. The second-order valence-electron chi connectivity index (χ2n) is 4.36. The maximum Gasteiger partial charge on any atom is 0.137 e. The third-order valence-electron chi connectivity index (χ3n) is 3.04. The summed E-state index contributed by atoms with van der Waals surface area (Å²) >= 11 is 0. The molecule has 3 heteroatoms. The van der Waals surface area contributed by atoms with Crippen LogP contribution in [-0.4, -0.2) is 12.1 Å². The molecule has 0 spiro atoms. The molecule has 84 valence electrons. The number of aryl methyl sites for hydroxylation is 1. The van der Waals surface area contributed by atoms with Gasteiger partial charge in [-0.25, -0.2) is 0 Å². The first-order valence-corrected chi connectivity index (χ1v) is 5.63. The molecule has 0 aliphatic heterocycles. The van der Waals surface area contributed by atoms with Crippen molar-refractivity contribution in [2.75, 3.05) is 0 Å². The van der Waals surface area contributed by atoms with Gasteiger partial charge in [-0.1, -0.05) is 6.07 Å². The molecule has 2 rings (SSSR count). The molecule has 2 atom stereocenters. The molecule has 1 aliphatic carbocycles. The number of benzene rings is 1. The third-order valence-corrected chi connectivity index (χ3v) is 3.04. The highest BCUT2D eigenvalue weighted by molar-refractivity contribution is 5.45. The van der Waals surface area contributed by atoms with Crippen molar-refractivity contribution < 1.29 is 4.74 Å². The fourth-order valence-corrected chi connectivity index (χ4v) is 2.10. The molecule has 1 aromatic carbocycles. The van der Waals surface area contributed by atoms with Crippen LogP contribution in [-0.2, 0) is 0 Å². The molecule has 1 saturated carbocycles. The Balaban J connectivity index is 2.18. The predicted molar refractivity (Wildman–Crippen MR) is 62.1 cm³/mol. The number of hydrogen-bond donors (Lipinski definition) is 1. The smallest absolute Gasteiger partial charge is 0.137 e. The maximum atomic E-state index is 9.02. The molecule has 0 saturated heterocycles. The van der Waals surface area contributed by atoms with Crippen LogP contribution in [0.3, 0.4) is 0 Å². The van der Waals surface area contributed by atoms with Gasteiger partial charge in [-0.15, -0.1) is 0 Å². The zero-order valence-electron chi connectivity index (χ0n) is 9.44. The summed E-state index contributed by atoms with van der Waals surface area (Å²) in [6.45, 7) is 1.96. The van der Waals surface area contributed by atoms with E-state index in [0.29, 0.717) is 11.3 Å². The first-order valence-electron chi connectivity index (χ1n) is 5.63. The standard InChI is InChI=1S/C13H16N2O/c1-9-5-6-12(10(7-9)8-14)16-13-4-2-3-11(13)15/h5-7,11,13H,2-4,15H2,1H3. The highest BCUT2D eigenvalue weighted by Gasteiger charge is 2.26. The second-order valence-corrected chi connectivity index (χ2v) is 4.36. The van der Waals surface area contributed by atoms with Gasteiger partial charge in [0.2, 0.25) is 0 Å². The molecule has 2 unspecified atom stereocenters. The van der Waals surface area contributed by atoms with Crippen molar-refractivity contribution in [1.82, 2.24) is 0 Å². The number of nitriles is 1. The van der Waals surface area contributed by atoms with Gasteiger partial charge in [0.25, 0.3) is 0 Å². The largest absolute Gasteiger partial charge is 0.487 e. The van der Waals surface area contributed by atoms with Crippen molar-refractivity contribution in [3.63, 3.8) is 0 Å². The van der Waals surface area contributed by atoms with Crippen molar-refractivity contribution in [1.29, 1.82) is 5.26 Å². The van der Waals surface area contributed by atoms with Crippen molar-refractivity contribution in [3.8, 4) is 11.8 Å². The van der Waals surface area contributed by atoms with E-state index in [4.69, 9.17) is 15.7 Å². The SMILES string of the molecule is Cc1ccc(OC2CCCC2N)c(C#N)c1. The van der Waals surface area contributed by atoms with Crippen LogP contribution in [0.25, 0.3) is 0 Å². The monoisotopic (exact) mass is 216 g/mol. The Bertz CT molecular complexity index is 422. The van der Waals surface area contributed by atoms with E-state index in [1.165, 1.54) is 0 Å². The Morgan fingerprint density at radius 1 is 1.44 bits per heavy atom. The van der Waals surface area contributed by atoms with E-state index in [0.717, 1.165) is 24.8 Å². The summed E-state index contributed by atoms with van der Waals surface area (Å²) in [5, 5.41) is 9.02. The van der Waals surface area contributed by atoms with Gasteiger partial charge >= 0.3 is 0 Å². The molecular formula is C13H16N2O. The van der Waals surface area contributed by atoms with Crippen LogP contribution in [0.4, 0.5) is 0 Å². The molecule has 16 heavy (non-hydrogen) atoms. The maximum absolute atomic E-state index is 9.02. The van der Waals surface area contributed by atoms with Crippen LogP contribution in [0.5, 0.6) is 5.75 Å². The molecule has 0 aromatic heterocycles. The lowest BCUT2D eigenvalue weighted by atomic mass is 10.1. The lowest BCUT2D eigenvalue weighted by molar-refractivity contribution is 0.191. The zero-order valence-corrected chi connectivity index (χ0v) is 9.44. The van der Waals surface area contributed by atoms with Crippen LogP contribution >= 0.6 is 0 Å². The van der Waals surface area contributed by atoms with E-state index in [1.807, 2.05) is 25.1 Å². The van der Waals surface area contributed by atoms with E-state index < -0.39 is 0 Å². The molecule has 0 radical (unpaired) electrons. The van der Waals surface area contributed by atoms with Crippen LogP contribution < -0.4 is 10.5 Å². The first kappa shape index (κ1) is 11.0. The van der Waals surface area contributed by atoms with Crippen LogP contribution in [0.1, 0.15) is 30.4 Å². The minimum Gasteiger partial charge on any atom is -0.487 e. The topological polar surface area (TPSA) is 59.0 Å². The van der Waals surface area contributed by atoms with Crippen LogP contribution in [0.15, 0.2) is 18.2 Å². The second kappa shape index (κ2) is 4.54. The molecule has 1 fully saturated rings. The van der Waals surface area contributed by atoms with Crippen LogP contribution in [0.2, 0.25) is 0 Å². The number of rotatable bonds is 2. The minimum atomic E-state index is 0.0646. The molecule has 3 nitrogen and oxygen atoms in total. The molecule has 0 bridgehead atoms. The Kier molecular flexibility index (Phi) is 3.12. The summed E-state index contributed by atoms with van der Waals surface area (Å²) in [4.78, 5) is 0. The number of hydrogen-bond acceptors (Lipinski definition) is 3. The van der Waals surface area contributed by atoms with Gasteiger partial charge in [0.05, 0.1) is 5.56 Å². The summed E-state index contributed by atoms with van der Waals surface area (Å²) in [5.41, 5.74) is 7.61. The fourth-order valence-electron chi connectivity index (χ4n) is 2.10. The Hall–Kier alpha value is -1.53. The van der Waals surface area contributed by atoms with Crippen molar-refractivity contribution in [2.45, 2.75) is 38.3 Å². The first-order chi connectivity index (χ1) is 7.70. The van der Waals surface area contributed by atoms with Gasteiger partial charge < -0.3 is 10.5 Å². The summed E-state index contributed by atoms with van der Waals surface area (Å²) in [6, 6.07) is 7.92. The van der Waals surface area contributed by atoms with Gasteiger partial charge in [-0.05, 0) is 43.9 Å². The fraction of sp³-hybridized carbons (Fsp3) is 0.462. The highest BCUT2D eigenvalue weighted by atomic mass is 16.5. The average Bonchev–Trinajstić information content (AvgIpc) is 2.67. The van der Waals surface area contributed by atoms with Gasteiger partial charge in [0.1, 0.15) is 17.9 Å². The van der Waals surface area contributed by atoms with E-state index in [2.05, 4.69) is 6.07 Å². The van der Waals surface area contributed by atoms with E-state index >= 15 is 0 Å². The molecular weight excluding hydrogens is 200 g/mol. The zero-order chi connectivity index (χ0) is 11.5. The Morgan fingerprint density at radius 3 is 2.88 bits per heavy atom. The Labute approximate surface area is 95.8 Å². The molecule has 2 N–H and O–H groups in total. The minimum absolute atomic E-state index is 0.0646. The quantitative estimate of drug-likeness (QED) is 0.823. The number of nitrogens with two attached hydrogens (primary N) is 1.